The van der Waals surface area contributed by atoms with Gasteiger partial charge in [-0.1, -0.05) is 36.4 Å². The predicted molar refractivity (Wildman–Crippen MR) is 102 cm³/mol. The first kappa shape index (κ1) is 17.3. The van der Waals surface area contributed by atoms with Gasteiger partial charge in [-0.25, -0.2) is 0 Å². The Morgan fingerprint density at radius 1 is 1.00 bits per heavy atom. The molecule has 1 amide bonds. The summed E-state index contributed by atoms with van der Waals surface area (Å²) in [6.07, 6.45) is 0. The van der Waals surface area contributed by atoms with Gasteiger partial charge in [0, 0.05) is 24.9 Å². The first-order chi connectivity index (χ1) is 13.3. The highest BCUT2D eigenvalue weighted by atomic mass is 16.5. The summed E-state index contributed by atoms with van der Waals surface area (Å²) in [4.78, 5) is 14.8. The normalized spacial score (nSPS) is 13.5. The van der Waals surface area contributed by atoms with Gasteiger partial charge in [-0.3, -0.25) is 9.48 Å². The lowest BCUT2D eigenvalue weighted by atomic mass is 10.1. The molecule has 2 heterocycles. The molecule has 1 aliphatic rings. The zero-order valence-corrected chi connectivity index (χ0v) is 15.2. The van der Waals surface area contributed by atoms with Crippen molar-refractivity contribution in [1.82, 2.24) is 9.78 Å². The number of carbonyl (C=O) groups excluding carboxylic acids is 1. The second-order valence-corrected chi connectivity index (χ2v) is 6.36. The number of hydrogen-bond acceptors (Lipinski definition) is 4. The van der Waals surface area contributed by atoms with E-state index in [1.807, 2.05) is 60.7 Å². The molecule has 0 bridgehead atoms. The number of hydrogen-bond donors (Lipinski definition) is 0. The van der Waals surface area contributed by atoms with E-state index in [1.54, 1.807) is 16.7 Å². The van der Waals surface area contributed by atoms with Gasteiger partial charge in [0.2, 0.25) is 0 Å². The average molecular weight is 363 g/mol. The van der Waals surface area contributed by atoms with Crippen LogP contribution >= 0.6 is 0 Å². The molecule has 0 saturated heterocycles. The van der Waals surface area contributed by atoms with Gasteiger partial charge in [-0.2, -0.15) is 5.10 Å². The first-order valence-corrected chi connectivity index (χ1v) is 8.89. The number of carbonyl (C=O) groups is 1. The molecule has 3 aromatic rings. The quantitative estimate of drug-likeness (QED) is 0.674. The number of ether oxygens (including phenoxy) is 2. The van der Waals surface area contributed by atoms with Crippen LogP contribution in [0, 0.1) is 0 Å². The molecule has 138 valence electrons. The van der Waals surface area contributed by atoms with Crippen LogP contribution in [0.25, 0.3) is 0 Å². The summed E-state index contributed by atoms with van der Waals surface area (Å²) in [6, 6.07) is 19.2. The first-order valence-electron chi connectivity index (χ1n) is 8.89. The lowest BCUT2D eigenvalue weighted by molar-refractivity contribution is 0.0961. The molecule has 1 aliphatic heterocycles. The van der Waals surface area contributed by atoms with Crippen molar-refractivity contribution in [2.75, 3.05) is 18.6 Å². The molecule has 6 nitrogen and oxygen atoms in total. The topological polar surface area (TPSA) is 56.6 Å². The number of methoxy groups -OCH3 is 1. The van der Waals surface area contributed by atoms with Gasteiger partial charge in [-0.05, 0) is 24.3 Å². The zero-order chi connectivity index (χ0) is 18.6. The van der Waals surface area contributed by atoms with E-state index in [2.05, 4.69) is 5.10 Å². The third-order valence-electron chi connectivity index (χ3n) is 4.54. The summed E-state index contributed by atoms with van der Waals surface area (Å²) >= 11 is 0. The van der Waals surface area contributed by atoms with Crippen LogP contribution in [0.2, 0.25) is 0 Å². The number of benzene rings is 2. The average Bonchev–Trinajstić information content (AvgIpc) is 3.13. The monoisotopic (exact) mass is 363 g/mol. The maximum absolute atomic E-state index is 13.0. The van der Waals surface area contributed by atoms with E-state index in [-0.39, 0.29) is 5.91 Å². The van der Waals surface area contributed by atoms with Crippen molar-refractivity contribution in [3.8, 4) is 5.75 Å². The molecule has 0 atom stereocenters. The fourth-order valence-corrected chi connectivity index (χ4v) is 3.27. The standard InChI is InChI=1S/C21H21N3O3/c1-26-14-16-7-5-6-10-19(16)23-11-12-24-20(21(23)25)13-17(22-24)15-27-18-8-3-2-4-9-18/h2-10,13H,11-12,14-15H2,1H3. The lowest BCUT2D eigenvalue weighted by Gasteiger charge is -2.29. The minimum absolute atomic E-state index is 0.0525. The van der Waals surface area contributed by atoms with E-state index >= 15 is 0 Å². The fraction of sp³-hybridized carbons (Fsp3) is 0.238. The smallest absolute Gasteiger partial charge is 0.276 e. The van der Waals surface area contributed by atoms with Crippen molar-refractivity contribution in [3.05, 3.63) is 77.6 Å². The number of aromatic nitrogens is 2. The zero-order valence-electron chi connectivity index (χ0n) is 15.2. The van der Waals surface area contributed by atoms with Crippen LogP contribution in [-0.4, -0.2) is 29.3 Å². The molecule has 27 heavy (non-hydrogen) atoms. The second kappa shape index (κ2) is 7.63. The Hall–Kier alpha value is -3.12. The molecule has 0 aliphatic carbocycles. The molecular formula is C21H21N3O3. The Labute approximate surface area is 157 Å². The van der Waals surface area contributed by atoms with Crippen molar-refractivity contribution in [2.45, 2.75) is 19.8 Å². The molecule has 4 rings (SSSR count). The van der Waals surface area contributed by atoms with E-state index < -0.39 is 0 Å². The van der Waals surface area contributed by atoms with Gasteiger partial charge in [0.15, 0.2) is 0 Å². The summed E-state index contributed by atoms with van der Waals surface area (Å²) < 4.78 is 12.8. The maximum Gasteiger partial charge on any atom is 0.276 e. The number of rotatable bonds is 6. The second-order valence-electron chi connectivity index (χ2n) is 6.36. The van der Waals surface area contributed by atoms with Gasteiger partial charge in [-0.15, -0.1) is 0 Å². The van der Waals surface area contributed by atoms with E-state index in [4.69, 9.17) is 9.47 Å². The highest BCUT2D eigenvalue weighted by molar-refractivity contribution is 6.06. The summed E-state index contributed by atoms with van der Waals surface area (Å²) in [6.45, 7) is 2.02. The molecule has 2 aromatic carbocycles. The van der Waals surface area contributed by atoms with Gasteiger partial charge in [0.1, 0.15) is 23.7 Å². The lowest BCUT2D eigenvalue weighted by Crippen LogP contribution is -2.41. The van der Waals surface area contributed by atoms with Crippen molar-refractivity contribution in [1.29, 1.82) is 0 Å². The highest BCUT2D eigenvalue weighted by Crippen LogP contribution is 2.26. The molecule has 0 unspecified atom stereocenters. The molecule has 0 saturated carbocycles. The van der Waals surface area contributed by atoms with E-state index in [0.717, 1.165) is 22.7 Å². The predicted octanol–water partition coefficient (Wildman–Crippen LogP) is 3.27. The third-order valence-corrected chi connectivity index (χ3v) is 4.54. The Morgan fingerprint density at radius 2 is 1.78 bits per heavy atom. The largest absolute Gasteiger partial charge is 0.487 e. The molecule has 0 N–H and O–H groups in total. The highest BCUT2D eigenvalue weighted by Gasteiger charge is 2.28. The van der Waals surface area contributed by atoms with E-state index in [1.165, 1.54) is 0 Å². The Morgan fingerprint density at radius 3 is 2.59 bits per heavy atom. The third kappa shape index (κ3) is 3.57. The number of amides is 1. The van der Waals surface area contributed by atoms with Crippen LogP contribution in [0.15, 0.2) is 60.7 Å². The van der Waals surface area contributed by atoms with Gasteiger partial charge < -0.3 is 14.4 Å². The number of nitrogens with zero attached hydrogens (tertiary/aromatic N) is 3. The van der Waals surface area contributed by atoms with E-state index in [0.29, 0.717) is 32.0 Å². The molecule has 0 fully saturated rings. The minimum atomic E-state index is -0.0525. The Bertz CT molecular complexity index is 937. The maximum atomic E-state index is 13.0. The van der Waals surface area contributed by atoms with Gasteiger partial charge >= 0.3 is 0 Å². The SMILES string of the molecule is COCc1ccccc1N1CCn2nc(COc3ccccc3)cc2C1=O. The van der Waals surface area contributed by atoms with Crippen molar-refractivity contribution >= 4 is 11.6 Å². The Kier molecular flexibility index (Phi) is 4.89. The number of para-hydroxylation sites is 2. The fourth-order valence-electron chi connectivity index (χ4n) is 3.27. The van der Waals surface area contributed by atoms with Crippen molar-refractivity contribution in [3.63, 3.8) is 0 Å². The molecule has 1 aromatic heterocycles. The van der Waals surface area contributed by atoms with Crippen molar-refractivity contribution < 1.29 is 14.3 Å². The van der Waals surface area contributed by atoms with E-state index in [9.17, 15) is 4.79 Å². The van der Waals surface area contributed by atoms with Crippen LogP contribution in [0.3, 0.4) is 0 Å². The summed E-state index contributed by atoms with van der Waals surface area (Å²) in [5.41, 5.74) is 3.21. The molecule has 6 heteroatoms. The summed E-state index contributed by atoms with van der Waals surface area (Å²) in [7, 11) is 1.66. The summed E-state index contributed by atoms with van der Waals surface area (Å²) in [5, 5.41) is 4.52. The van der Waals surface area contributed by atoms with Crippen LogP contribution in [0.1, 0.15) is 21.7 Å². The van der Waals surface area contributed by atoms with Crippen LogP contribution in [-0.2, 0) is 24.5 Å². The van der Waals surface area contributed by atoms with Gasteiger partial charge in [0.25, 0.3) is 5.91 Å². The molecular weight excluding hydrogens is 342 g/mol. The molecule has 0 radical (unpaired) electrons. The number of fused-ring (bicyclic) bond motifs is 1. The Balaban J connectivity index is 1.54. The van der Waals surface area contributed by atoms with Gasteiger partial charge in [0.05, 0.1) is 13.2 Å². The van der Waals surface area contributed by atoms with Crippen LogP contribution in [0.5, 0.6) is 5.75 Å². The molecule has 0 spiro atoms. The number of anilines is 1. The van der Waals surface area contributed by atoms with Crippen LogP contribution in [0.4, 0.5) is 5.69 Å². The van der Waals surface area contributed by atoms with Crippen molar-refractivity contribution in [2.24, 2.45) is 0 Å². The minimum Gasteiger partial charge on any atom is -0.487 e. The van der Waals surface area contributed by atoms with Crippen LogP contribution < -0.4 is 9.64 Å². The summed E-state index contributed by atoms with van der Waals surface area (Å²) in [5.74, 6) is 0.730.